The van der Waals surface area contributed by atoms with Crippen molar-refractivity contribution in [1.82, 2.24) is 0 Å². The summed E-state index contributed by atoms with van der Waals surface area (Å²) in [6.45, 7) is 9.55. The number of allylic oxidation sites excluding steroid dienone is 8. The second kappa shape index (κ2) is 4.74. The predicted octanol–water partition coefficient (Wildman–Crippen LogP) is 4.81. The van der Waals surface area contributed by atoms with Crippen molar-refractivity contribution in [2.45, 2.75) is 40.5 Å². The van der Waals surface area contributed by atoms with Gasteiger partial charge in [-0.25, -0.2) is 0 Å². The van der Waals surface area contributed by atoms with Crippen molar-refractivity contribution >= 4 is 0 Å². The molecular formula is C16H22Ti. The molecule has 0 spiro atoms. The van der Waals surface area contributed by atoms with Crippen molar-refractivity contribution in [1.29, 1.82) is 0 Å². The van der Waals surface area contributed by atoms with Gasteiger partial charge in [-0.05, 0) is 0 Å². The minimum atomic E-state index is -0.129. The Morgan fingerprint density at radius 3 is 1.59 bits per heavy atom. The van der Waals surface area contributed by atoms with Crippen LogP contribution in [0.2, 0.25) is 0 Å². The summed E-state index contributed by atoms with van der Waals surface area (Å²) in [5, 5.41) is 0. The third kappa shape index (κ3) is 2.92. The van der Waals surface area contributed by atoms with Crippen LogP contribution in [0.1, 0.15) is 40.5 Å². The van der Waals surface area contributed by atoms with Crippen molar-refractivity contribution in [3.05, 3.63) is 44.2 Å². The Bertz CT molecular complexity index is 377. The number of rotatable bonds is 2. The van der Waals surface area contributed by atoms with Crippen molar-refractivity contribution in [3.63, 3.8) is 0 Å². The monoisotopic (exact) mass is 262 g/mol. The normalized spacial score (nSPS) is 25.2. The fourth-order valence-electron chi connectivity index (χ4n) is 2.29. The zero-order chi connectivity index (χ0) is 12.5. The molecule has 0 saturated heterocycles. The van der Waals surface area contributed by atoms with E-state index in [1.165, 1.54) is 12.8 Å². The van der Waals surface area contributed by atoms with Crippen LogP contribution in [0, 0.1) is 10.8 Å². The average Bonchev–Trinajstić information content (AvgIpc) is 2.23. The first kappa shape index (κ1) is 13.1. The van der Waals surface area contributed by atoms with E-state index in [1.54, 1.807) is 7.76 Å². The first-order valence-electron chi connectivity index (χ1n) is 6.43. The van der Waals surface area contributed by atoms with E-state index in [1.807, 2.05) is 0 Å². The third-order valence-corrected chi connectivity index (χ3v) is 7.26. The number of hydrogen-bond donors (Lipinski definition) is 0. The predicted molar refractivity (Wildman–Crippen MR) is 71.2 cm³/mol. The summed E-state index contributed by atoms with van der Waals surface area (Å²) in [4.78, 5) is 0. The molecule has 2 aliphatic carbocycles. The summed E-state index contributed by atoms with van der Waals surface area (Å²) < 4.78 is 3.41. The molecule has 2 rings (SSSR count). The van der Waals surface area contributed by atoms with Gasteiger partial charge in [0.25, 0.3) is 0 Å². The second-order valence-electron chi connectivity index (χ2n) is 6.32. The molecule has 0 radical (unpaired) electrons. The standard InChI is InChI=1S/2C8H11.Ti/c2*1-8(2)6-4-3-5-7-8;/h2*3-5H,6H2,1-2H3;. The van der Waals surface area contributed by atoms with Crippen LogP contribution in [0.5, 0.6) is 0 Å². The summed E-state index contributed by atoms with van der Waals surface area (Å²) in [7, 11) is 0. The van der Waals surface area contributed by atoms with Gasteiger partial charge in [-0.2, -0.15) is 0 Å². The molecule has 90 valence electrons. The van der Waals surface area contributed by atoms with Gasteiger partial charge >= 0.3 is 115 Å². The van der Waals surface area contributed by atoms with E-state index in [0.29, 0.717) is 10.8 Å². The van der Waals surface area contributed by atoms with Crippen LogP contribution in [0.25, 0.3) is 0 Å². The summed E-state index contributed by atoms with van der Waals surface area (Å²) >= 11 is -0.129. The molecular weight excluding hydrogens is 240 g/mol. The van der Waals surface area contributed by atoms with Gasteiger partial charge < -0.3 is 0 Å². The molecule has 2 aliphatic rings. The van der Waals surface area contributed by atoms with Gasteiger partial charge in [0, 0.05) is 0 Å². The van der Waals surface area contributed by atoms with Crippen LogP contribution >= 0.6 is 0 Å². The molecule has 0 aromatic rings. The van der Waals surface area contributed by atoms with Crippen LogP contribution in [0.4, 0.5) is 0 Å². The van der Waals surface area contributed by atoms with Gasteiger partial charge in [0.15, 0.2) is 0 Å². The van der Waals surface area contributed by atoms with Crippen molar-refractivity contribution in [2.24, 2.45) is 10.8 Å². The first-order chi connectivity index (χ1) is 7.92. The van der Waals surface area contributed by atoms with Gasteiger partial charge in [0.2, 0.25) is 0 Å². The summed E-state index contributed by atoms with van der Waals surface area (Å²) in [5.41, 5.74) is 0.764. The Morgan fingerprint density at radius 2 is 1.24 bits per heavy atom. The van der Waals surface area contributed by atoms with E-state index in [2.05, 4.69) is 64.2 Å². The molecule has 0 aliphatic heterocycles. The van der Waals surface area contributed by atoms with Gasteiger partial charge in [-0.1, -0.05) is 0 Å². The zero-order valence-electron chi connectivity index (χ0n) is 11.4. The first-order valence-corrected chi connectivity index (χ1v) is 8.00. The van der Waals surface area contributed by atoms with Crippen molar-refractivity contribution in [3.8, 4) is 0 Å². The topological polar surface area (TPSA) is 0 Å². The van der Waals surface area contributed by atoms with E-state index in [9.17, 15) is 0 Å². The van der Waals surface area contributed by atoms with Crippen LogP contribution < -0.4 is 0 Å². The van der Waals surface area contributed by atoms with Gasteiger partial charge in [-0.3, -0.25) is 0 Å². The average molecular weight is 262 g/mol. The molecule has 0 nitrogen and oxygen atoms in total. The quantitative estimate of drug-likeness (QED) is 0.626. The van der Waals surface area contributed by atoms with Gasteiger partial charge in [-0.15, -0.1) is 0 Å². The van der Waals surface area contributed by atoms with Crippen molar-refractivity contribution < 1.29 is 19.2 Å². The molecule has 0 amide bonds. The van der Waals surface area contributed by atoms with Gasteiger partial charge in [0.1, 0.15) is 0 Å². The molecule has 0 heterocycles. The van der Waals surface area contributed by atoms with E-state index >= 15 is 0 Å². The Morgan fingerprint density at radius 1 is 0.824 bits per heavy atom. The molecule has 17 heavy (non-hydrogen) atoms. The minimum absolute atomic E-state index is 0.129. The molecule has 0 N–H and O–H groups in total. The molecule has 0 saturated carbocycles. The van der Waals surface area contributed by atoms with E-state index < -0.39 is 0 Å². The summed E-state index contributed by atoms with van der Waals surface area (Å²) in [6, 6.07) is 0. The Balaban J connectivity index is 2.21. The van der Waals surface area contributed by atoms with E-state index in [-0.39, 0.29) is 19.2 Å². The Kier molecular flexibility index (Phi) is 3.66. The van der Waals surface area contributed by atoms with Crippen LogP contribution in [0.15, 0.2) is 44.2 Å². The maximum atomic E-state index is 2.39. The molecule has 0 atom stereocenters. The van der Waals surface area contributed by atoms with E-state index in [0.717, 1.165) is 0 Å². The molecule has 1 heteroatoms. The SMILES string of the molecule is CC1(C)CC=CC=[C]1[Ti][C]1=CC=CCC1(C)C. The van der Waals surface area contributed by atoms with Crippen molar-refractivity contribution in [2.75, 3.05) is 0 Å². The summed E-state index contributed by atoms with van der Waals surface area (Å²) in [5.74, 6) is 0. The van der Waals surface area contributed by atoms with Gasteiger partial charge in [0.05, 0.1) is 0 Å². The van der Waals surface area contributed by atoms with Crippen LogP contribution in [-0.2, 0) is 19.2 Å². The molecule has 0 bridgehead atoms. The Labute approximate surface area is 114 Å². The number of hydrogen-bond acceptors (Lipinski definition) is 0. The Hall–Kier alpha value is -0.326. The molecule has 0 aromatic heterocycles. The zero-order valence-corrected chi connectivity index (χ0v) is 12.9. The second-order valence-corrected chi connectivity index (χ2v) is 8.39. The molecule has 0 fully saturated rings. The maximum absolute atomic E-state index is 2.39. The fourth-order valence-corrected chi connectivity index (χ4v) is 4.68. The third-order valence-electron chi connectivity index (χ3n) is 3.78. The van der Waals surface area contributed by atoms with E-state index in [4.69, 9.17) is 0 Å². The fraction of sp³-hybridized carbons (Fsp3) is 0.500. The van der Waals surface area contributed by atoms with Crippen LogP contribution in [-0.4, -0.2) is 0 Å². The van der Waals surface area contributed by atoms with Crippen LogP contribution in [0.3, 0.4) is 0 Å². The summed E-state index contributed by atoms with van der Waals surface area (Å²) in [6.07, 6.45) is 16.2. The molecule has 0 unspecified atom stereocenters. The molecule has 0 aromatic carbocycles.